The fraction of sp³-hybridized carbons (Fsp3) is 0.447. The number of halogens is 1. The number of fused-ring (bicyclic) bond motifs is 2. The first kappa shape index (κ1) is 33.4. The smallest absolute Gasteiger partial charge is 0.297 e. The zero-order chi connectivity index (χ0) is 32.6. The number of anilines is 1. The Kier molecular flexibility index (Phi) is 9.70. The lowest BCUT2D eigenvalue weighted by molar-refractivity contribution is -0.437. The molecule has 7 heteroatoms. The number of allylic oxidation sites excluding steroid dienone is 8. The minimum atomic E-state index is -3.92. The highest BCUT2D eigenvalue weighted by Gasteiger charge is 2.44. The summed E-state index contributed by atoms with van der Waals surface area (Å²) in [6.07, 6.45) is 14.9. The van der Waals surface area contributed by atoms with E-state index in [0.717, 1.165) is 50.0 Å². The molecule has 1 aliphatic carbocycles. The van der Waals surface area contributed by atoms with E-state index < -0.39 is 16.2 Å². The Morgan fingerprint density at radius 1 is 0.978 bits per heavy atom. The molecule has 5 nitrogen and oxygen atoms in total. The quantitative estimate of drug-likeness (QED) is 0.139. The summed E-state index contributed by atoms with van der Waals surface area (Å²) in [5.74, 6) is 0.107. The average Bonchev–Trinajstić information content (AvgIpc) is 3.61. The van der Waals surface area contributed by atoms with Gasteiger partial charge in [-0.2, -0.15) is 13.0 Å². The van der Waals surface area contributed by atoms with Crippen LogP contribution in [0.3, 0.4) is 0 Å². The van der Waals surface area contributed by atoms with Crippen molar-refractivity contribution in [1.29, 1.82) is 0 Å². The van der Waals surface area contributed by atoms with E-state index in [1.807, 2.05) is 6.07 Å². The molecule has 5 rings (SSSR count). The van der Waals surface area contributed by atoms with Crippen LogP contribution in [0.4, 0.5) is 11.4 Å². The molecule has 0 fully saturated rings. The van der Waals surface area contributed by atoms with Crippen LogP contribution in [0.25, 0.3) is 0 Å². The van der Waals surface area contributed by atoms with Crippen LogP contribution in [0, 0.1) is 0 Å². The van der Waals surface area contributed by atoms with Crippen LogP contribution in [-0.2, 0) is 25.1 Å². The lowest BCUT2D eigenvalue weighted by atomic mass is 9.81. The van der Waals surface area contributed by atoms with Gasteiger partial charge in [0, 0.05) is 53.4 Å². The van der Waals surface area contributed by atoms with E-state index in [1.54, 1.807) is 19.1 Å². The van der Waals surface area contributed by atoms with E-state index >= 15 is 0 Å². The van der Waals surface area contributed by atoms with Gasteiger partial charge in [-0.3, -0.25) is 4.18 Å². The molecule has 1 unspecified atom stereocenters. The number of nitrogens with zero attached hydrogens (tertiary/aromatic N) is 2. The van der Waals surface area contributed by atoms with Crippen LogP contribution in [0.1, 0.15) is 85.3 Å². The van der Waals surface area contributed by atoms with Crippen molar-refractivity contribution in [2.45, 2.75) is 96.0 Å². The molecule has 0 saturated carbocycles. The Morgan fingerprint density at radius 2 is 1.73 bits per heavy atom. The predicted octanol–water partition coefficient (Wildman–Crippen LogP) is 9.10. The standard InChI is InChI=1S/C38H48ClN2O3S/c1-8-22-40-33-13-11-10-12-31(33)37(4,5)35(40)20-16-28-14-15-29(24-28)17-21-36-38(6,7)32-19-18-30(25-34(32)41(36)23-9-2)45(42,43)44-27(3)26-39/h10-13,16-21,24-25,27H,8-9,14-15,22-23,26H2,1-7H3/q+1. The highest BCUT2D eigenvalue weighted by Crippen LogP contribution is 2.49. The summed E-state index contributed by atoms with van der Waals surface area (Å²) < 4.78 is 33.8. The molecule has 1 atom stereocenters. The summed E-state index contributed by atoms with van der Waals surface area (Å²) in [7, 11) is -3.92. The molecule has 0 spiro atoms. The van der Waals surface area contributed by atoms with Crippen molar-refractivity contribution in [2.75, 3.05) is 23.9 Å². The topological polar surface area (TPSA) is 49.6 Å². The maximum absolute atomic E-state index is 13.0. The van der Waals surface area contributed by atoms with Gasteiger partial charge in [0.25, 0.3) is 10.1 Å². The van der Waals surface area contributed by atoms with Gasteiger partial charge in [0.2, 0.25) is 5.69 Å². The third-order valence-corrected chi connectivity index (χ3v) is 11.2. The average molecular weight is 648 g/mol. The second-order valence-electron chi connectivity index (χ2n) is 13.5. The van der Waals surface area contributed by atoms with E-state index in [2.05, 4.69) is 106 Å². The highest BCUT2D eigenvalue weighted by atomic mass is 35.5. The molecular weight excluding hydrogens is 600 g/mol. The van der Waals surface area contributed by atoms with E-state index in [-0.39, 0.29) is 21.6 Å². The van der Waals surface area contributed by atoms with Crippen molar-refractivity contribution in [3.63, 3.8) is 0 Å². The summed E-state index contributed by atoms with van der Waals surface area (Å²) in [6.45, 7) is 16.9. The third kappa shape index (κ3) is 6.39. The van der Waals surface area contributed by atoms with Crippen LogP contribution >= 0.6 is 11.6 Å². The van der Waals surface area contributed by atoms with Crippen LogP contribution in [0.2, 0.25) is 0 Å². The van der Waals surface area contributed by atoms with Crippen molar-refractivity contribution in [1.82, 2.24) is 0 Å². The molecule has 3 aliphatic rings. The first-order chi connectivity index (χ1) is 21.3. The maximum Gasteiger partial charge on any atom is 0.297 e. The molecule has 2 aromatic rings. The van der Waals surface area contributed by atoms with Crippen molar-refractivity contribution in [2.24, 2.45) is 0 Å². The number of para-hydroxylation sites is 1. The summed E-state index contributed by atoms with van der Waals surface area (Å²) in [6, 6.07) is 14.2. The predicted molar refractivity (Wildman–Crippen MR) is 188 cm³/mol. The number of hydrogen-bond acceptors (Lipinski definition) is 4. The molecule has 0 bridgehead atoms. The Labute approximate surface area is 275 Å². The maximum atomic E-state index is 13.0. The van der Waals surface area contributed by atoms with Gasteiger partial charge < -0.3 is 4.90 Å². The Hall–Kier alpha value is -2.93. The molecule has 240 valence electrons. The molecule has 0 N–H and O–H groups in total. The van der Waals surface area contributed by atoms with Crippen LogP contribution in [-0.4, -0.2) is 43.8 Å². The zero-order valence-corrected chi connectivity index (χ0v) is 29.4. The number of rotatable bonds is 11. The largest absolute Gasteiger partial charge is 0.344 e. The summed E-state index contributed by atoms with van der Waals surface area (Å²) in [4.78, 5) is 2.43. The van der Waals surface area contributed by atoms with Crippen LogP contribution in [0.15, 0.2) is 94.6 Å². The van der Waals surface area contributed by atoms with Gasteiger partial charge in [-0.1, -0.05) is 70.2 Å². The van der Waals surface area contributed by atoms with Crippen LogP contribution < -0.4 is 4.90 Å². The number of alkyl halides is 1. The van der Waals surface area contributed by atoms with Gasteiger partial charge in [-0.15, -0.1) is 11.6 Å². The molecule has 2 aliphatic heterocycles. The monoisotopic (exact) mass is 647 g/mol. The highest BCUT2D eigenvalue weighted by molar-refractivity contribution is 7.86. The van der Waals surface area contributed by atoms with E-state index in [1.165, 1.54) is 33.8 Å². The van der Waals surface area contributed by atoms with E-state index in [4.69, 9.17) is 15.8 Å². The molecule has 0 radical (unpaired) electrons. The van der Waals surface area contributed by atoms with Crippen molar-refractivity contribution in [3.05, 3.63) is 101 Å². The van der Waals surface area contributed by atoms with Gasteiger partial charge in [-0.05, 0) is 75.0 Å². The fourth-order valence-electron chi connectivity index (χ4n) is 7.00. The zero-order valence-electron chi connectivity index (χ0n) is 27.9. The molecule has 45 heavy (non-hydrogen) atoms. The molecule has 0 saturated heterocycles. The lowest BCUT2D eigenvalue weighted by Crippen LogP contribution is -2.27. The molecular formula is C38H48ClN2O3S+. The summed E-state index contributed by atoms with van der Waals surface area (Å²) in [5.41, 5.74) is 9.63. The normalized spacial score (nSPS) is 21.2. The summed E-state index contributed by atoms with van der Waals surface area (Å²) >= 11 is 5.83. The minimum Gasteiger partial charge on any atom is -0.344 e. The molecule has 0 amide bonds. The van der Waals surface area contributed by atoms with Crippen LogP contribution in [0.5, 0.6) is 0 Å². The number of hydrogen-bond donors (Lipinski definition) is 0. The fourth-order valence-corrected chi connectivity index (χ4v) is 8.24. The first-order valence-corrected chi connectivity index (χ1v) is 18.2. The van der Waals surface area contributed by atoms with Gasteiger partial charge in [-0.25, -0.2) is 0 Å². The summed E-state index contributed by atoms with van der Waals surface area (Å²) in [5, 5.41) is 0. The second kappa shape index (κ2) is 13.1. The van der Waals surface area contributed by atoms with Crippen molar-refractivity contribution >= 4 is 38.8 Å². The van der Waals surface area contributed by atoms with E-state index in [0.29, 0.717) is 0 Å². The van der Waals surface area contributed by atoms with Gasteiger partial charge in [0.1, 0.15) is 6.54 Å². The molecule has 2 aromatic carbocycles. The molecule has 2 heterocycles. The van der Waals surface area contributed by atoms with Crippen molar-refractivity contribution < 1.29 is 17.2 Å². The van der Waals surface area contributed by atoms with Gasteiger partial charge in [0.05, 0.1) is 16.4 Å². The van der Waals surface area contributed by atoms with Crippen molar-refractivity contribution in [3.8, 4) is 0 Å². The Balaban J connectivity index is 1.43. The first-order valence-electron chi connectivity index (χ1n) is 16.3. The Bertz CT molecular complexity index is 1730. The third-order valence-electron chi connectivity index (χ3n) is 9.34. The number of benzene rings is 2. The molecule has 0 aromatic heterocycles. The van der Waals surface area contributed by atoms with Gasteiger partial charge in [0.15, 0.2) is 5.71 Å². The lowest BCUT2D eigenvalue weighted by Gasteiger charge is -2.26. The second-order valence-corrected chi connectivity index (χ2v) is 15.4. The minimum absolute atomic E-state index is 0.0377. The SMILES string of the molecule is CCCN1C(=CC=C2C=C(C=CC3=[N+](CCC)c4ccccc4C3(C)C)CC2)C(C)(C)c2ccc(S(=O)(=O)OC(C)CCl)cc21. The van der Waals surface area contributed by atoms with Gasteiger partial charge >= 0.3 is 0 Å². The Morgan fingerprint density at radius 3 is 2.44 bits per heavy atom. The van der Waals surface area contributed by atoms with E-state index in [9.17, 15) is 8.42 Å².